The Morgan fingerprint density at radius 2 is 0.731 bits per heavy atom. The molecule has 3 amide bonds. The van der Waals surface area contributed by atoms with Crippen molar-refractivity contribution in [2.24, 2.45) is 104 Å². The monoisotopic (exact) mass is 1820 g/mol. The zero-order valence-electron chi connectivity index (χ0n) is 85.4. The van der Waals surface area contributed by atoms with E-state index < -0.39 is 72.5 Å². The van der Waals surface area contributed by atoms with Gasteiger partial charge in [0.25, 0.3) is 0 Å². The number of nitrogens with zero attached hydrogens (tertiary/aromatic N) is 8. The Balaban J connectivity index is 0.000000212. The average molecular weight is 1820 g/mol. The maximum atomic E-state index is 14.0. The van der Waals surface area contributed by atoms with Crippen LogP contribution in [-0.4, -0.2) is 282 Å². The molecular formula is C105H180N12O13. The van der Waals surface area contributed by atoms with Gasteiger partial charge in [-0.3, -0.25) is 38.7 Å². The number of aliphatic hydroxyl groups is 6. The highest BCUT2D eigenvalue weighted by Gasteiger charge is 2.61. The fraction of sp³-hybridized carbons (Fsp3) is 0.790. The van der Waals surface area contributed by atoms with Crippen molar-refractivity contribution in [3.63, 3.8) is 0 Å². The Labute approximate surface area is 784 Å². The second kappa shape index (κ2) is 46.9. The first-order valence-electron chi connectivity index (χ1n) is 49.6. The Morgan fingerprint density at radius 1 is 0.438 bits per heavy atom. The number of rotatable bonds is 38. The molecule has 130 heavy (non-hydrogen) atoms. The summed E-state index contributed by atoms with van der Waals surface area (Å²) < 4.78 is 0. The molecule has 9 aliphatic carbocycles. The van der Waals surface area contributed by atoms with Crippen LogP contribution in [0.25, 0.3) is 0 Å². The summed E-state index contributed by atoms with van der Waals surface area (Å²) in [7, 11) is 12.6. The molecule has 12 fully saturated rings. The third-order valence-corrected chi connectivity index (χ3v) is 31.8. The van der Waals surface area contributed by atoms with Crippen molar-refractivity contribution >= 4 is 24.0 Å². The van der Waals surface area contributed by atoms with E-state index in [1.54, 1.807) is 36.0 Å². The molecule has 0 radical (unpaired) electrons. The molecule has 25 heteroatoms. The molecule has 6 bridgehead atoms. The van der Waals surface area contributed by atoms with Crippen molar-refractivity contribution in [2.75, 3.05) is 114 Å². The number of hydrogen-bond acceptors (Lipinski definition) is 22. The minimum absolute atomic E-state index is 0.106. The molecule has 0 spiro atoms. The van der Waals surface area contributed by atoms with E-state index in [1.165, 1.54) is 36.0 Å². The normalized spacial score (nSPS) is 31.0. The van der Waals surface area contributed by atoms with Gasteiger partial charge in [0, 0.05) is 101 Å². The van der Waals surface area contributed by atoms with Crippen LogP contribution in [0.1, 0.15) is 237 Å². The van der Waals surface area contributed by atoms with E-state index >= 15 is 0 Å². The first kappa shape index (κ1) is 109. The van der Waals surface area contributed by atoms with Gasteiger partial charge in [-0.2, -0.15) is 15.2 Å². The zero-order chi connectivity index (χ0) is 96.2. The van der Waals surface area contributed by atoms with Crippen molar-refractivity contribution in [3.05, 3.63) is 106 Å². The van der Waals surface area contributed by atoms with Crippen LogP contribution in [0.2, 0.25) is 0 Å². The van der Waals surface area contributed by atoms with Crippen LogP contribution in [0.5, 0.6) is 0 Å². The number of aldehydes is 1. The summed E-state index contributed by atoms with van der Waals surface area (Å²) in [5.74, 6) is 3.13. The van der Waals surface area contributed by atoms with E-state index in [0.29, 0.717) is 95.6 Å². The number of carbonyl (C=O) groups excluding carboxylic acids is 4. The highest BCUT2D eigenvalue weighted by molar-refractivity contribution is 5.84. The third kappa shape index (κ3) is 28.8. The number of likely N-dealkylation sites (N-methyl/N-ethyl adjacent to an activating group) is 3. The predicted octanol–water partition coefficient (Wildman–Crippen LogP) is 11.9. The summed E-state index contributed by atoms with van der Waals surface area (Å²) in [5.41, 5.74) is 8.52. The quantitative estimate of drug-likeness (QED) is 0.0188. The Kier molecular flexibility index (Phi) is 39.2. The van der Waals surface area contributed by atoms with Gasteiger partial charge >= 0.3 is 0 Å². The van der Waals surface area contributed by atoms with Crippen molar-refractivity contribution in [1.82, 2.24) is 61.0 Å². The minimum atomic E-state index is -0.798. The Bertz CT molecular complexity index is 3840. The van der Waals surface area contributed by atoms with Gasteiger partial charge in [-0.15, -0.1) is 0 Å². The smallest absolute Gasteiger partial charge is 0.240 e. The van der Waals surface area contributed by atoms with E-state index in [0.717, 1.165) is 127 Å². The molecule has 3 saturated heterocycles. The fourth-order valence-electron chi connectivity index (χ4n) is 23.0. The topological polar surface area (TPSA) is 291 Å². The molecule has 3 aliphatic heterocycles. The van der Waals surface area contributed by atoms with Gasteiger partial charge in [-0.1, -0.05) is 197 Å². The van der Waals surface area contributed by atoms with Crippen molar-refractivity contribution in [2.45, 2.75) is 315 Å². The van der Waals surface area contributed by atoms with Gasteiger partial charge in [0.05, 0.1) is 57.8 Å². The number of aliphatic hydroxyl groups excluding tert-OH is 6. The molecule has 3 aromatic rings. The molecule has 3 aromatic carbocycles. The number of carbonyl (C=O) groups is 4. The summed E-state index contributed by atoms with van der Waals surface area (Å²) in [6.45, 7) is 56.8. The van der Waals surface area contributed by atoms with Gasteiger partial charge in [-0.25, -0.2) is 0 Å². The fourth-order valence-corrected chi connectivity index (χ4v) is 23.0. The van der Waals surface area contributed by atoms with Crippen LogP contribution in [-0.2, 0) is 73.0 Å². The molecule has 3 heterocycles. The second-order valence-corrected chi connectivity index (χ2v) is 47.4. The van der Waals surface area contributed by atoms with Crippen LogP contribution in [0.3, 0.4) is 0 Å². The first-order chi connectivity index (χ1) is 60.8. The molecule has 738 valence electrons. The van der Waals surface area contributed by atoms with Gasteiger partial charge < -0.3 is 71.4 Å². The minimum Gasteiger partial charge on any atom is -0.394 e. The number of fused-ring (bicyclic) bond motifs is 6. The van der Waals surface area contributed by atoms with Gasteiger partial charge in [0.1, 0.15) is 42.7 Å². The molecule has 12 aliphatic rings. The van der Waals surface area contributed by atoms with E-state index in [4.69, 9.17) is 14.5 Å². The number of hydrogen-bond donors (Lipinski definition) is 10. The highest BCUT2D eigenvalue weighted by Crippen LogP contribution is 2.64. The lowest BCUT2D eigenvalue weighted by molar-refractivity contribution is -0.183. The van der Waals surface area contributed by atoms with Crippen LogP contribution in [0, 0.1) is 104 Å². The number of benzene rings is 3. The lowest BCUT2D eigenvalue weighted by atomic mass is 9.45. The lowest BCUT2D eigenvalue weighted by Gasteiger charge is -2.62. The number of amides is 3. The van der Waals surface area contributed by atoms with Crippen molar-refractivity contribution < 1.29 is 64.3 Å². The zero-order valence-corrected chi connectivity index (χ0v) is 85.4. The molecule has 0 aromatic heterocycles. The van der Waals surface area contributed by atoms with Gasteiger partial charge in [-0.05, 0) is 247 Å². The largest absolute Gasteiger partial charge is 0.394 e. The molecule has 15 rings (SSSR count). The van der Waals surface area contributed by atoms with Gasteiger partial charge in [0.15, 0.2) is 0 Å². The summed E-state index contributed by atoms with van der Waals surface area (Å²) >= 11 is 0. The second-order valence-electron chi connectivity index (χ2n) is 47.4. The molecule has 9 saturated carbocycles. The summed E-state index contributed by atoms with van der Waals surface area (Å²) in [6, 6.07) is 23.7. The van der Waals surface area contributed by atoms with Crippen molar-refractivity contribution in [3.8, 4) is 0 Å². The van der Waals surface area contributed by atoms with Crippen molar-refractivity contribution in [1.29, 1.82) is 0 Å². The SMILES string of the molecule is CC(C)(C)CC=O.C[C@@H]1[C@@H](NC(=O)[C@@H]2[C@H]([C@H](C)O)[C@H](CO)ON2Cc2cccc(CN(CCN(C)C)CCC(C)(C)C)c2)C[C@H]2C[C@@H]1C2(C)C.C[C@@H]1[C@@H](NC(=O)[C@@H]2[C@H]([C@H](C)O)[C@H](CO)ON2Cc2cccc(CN(CCN(C)C)CCC(C)(C)C)c2)C[C@H]2C[C@@H]1C2(C)C.C[C@@H]1[C@@H](NC(=O)[C@@H]2[C@H]([C@H](C)O)[C@H](CO)ON2Cc2cccc(CNCCN(C)C)c2)C[C@H]2C[C@@H]1C2(C)C. The molecule has 0 unspecified atom stereocenters. The standard InChI is InChI=1S/2C35H60N4O4.C29H48N4O4.C6H12O/c2*1-23-28-18-27(35(28,6)7)19-29(23)36-33(42)32-31(24(2)41)30(22-40)43-39(32)21-26-12-10-11-25(17-26)20-38(16-15-37(8)9)14-13-34(3,4)5;1-18-23-13-22(29(23,3)4)14-24(18)31-28(36)27-26(19(2)35)25(17-34)37-33(27)16-21-9-7-8-20(12-21)15-30-10-11-32(5)6;1-6(2,3)4-5-7/h2*10-12,17,23-24,27-32,40-41H,13-16,18-22H2,1-9H3,(H,36,42);7-9,12,18-19,22-27,30,34-35H,10-11,13-17H2,1-6H3,(H,31,36);5H,4H2,1-3H3/t2*23-,24-,27+,28-,29-,30-,31+,32-;18-,19-,22+,23-,24-,25-,26+,27-;/m000./s1. The number of hydroxylamine groups is 6. The molecule has 10 N–H and O–H groups in total. The lowest BCUT2D eigenvalue weighted by Crippen LogP contribution is -2.62. The van der Waals surface area contributed by atoms with Crippen LogP contribution in [0.15, 0.2) is 72.8 Å². The summed E-state index contributed by atoms with van der Waals surface area (Å²) in [5, 5.41) is 81.2. The summed E-state index contributed by atoms with van der Waals surface area (Å²) in [4.78, 5) is 81.7. The number of nitrogens with one attached hydrogen (secondary N) is 4. The van der Waals surface area contributed by atoms with Crippen LogP contribution >= 0.6 is 0 Å². The first-order valence-corrected chi connectivity index (χ1v) is 49.6. The Morgan fingerprint density at radius 3 is 0.977 bits per heavy atom. The summed E-state index contributed by atoms with van der Waals surface area (Å²) in [6.07, 6.45) is 6.34. The van der Waals surface area contributed by atoms with E-state index in [-0.39, 0.29) is 71.9 Å². The molecule has 24 atom stereocenters. The van der Waals surface area contributed by atoms with Gasteiger partial charge in [0.2, 0.25) is 17.7 Å². The van der Waals surface area contributed by atoms with Crippen LogP contribution < -0.4 is 21.3 Å². The maximum absolute atomic E-state index is 14.0. The van der Waals surface area contributed by atoms with E-state index in [9.17, 15) is 49.8 Å². The average Bonchev–Trinajstić information content (AvgIpc) is 0.868. The predicted molar refractivity (Wildman–Crippen MR) is 518 cm³/mol. The van der Waals surface area contributed by atoms with Crippen LogP contribution in [0.4, 0.5) is 0 Å². The molecular weight excluding hydrogens is 1640 g/mol. The Hall–Kier alpha value is -4.98. The highest BCUT2D eigenvalue weighted by atomic mass is 16.7. The maximum Gasteiger partial charge on any atom is 0.240 e. The molecule has 25 nitrogen and oxygen atoms in total. The third-order valence-electron chi connectivity index (χ3n) is 31.8. The van der Waals surface area contributed by atoms with E-state index in [1.807, 2.05) is 32.9 Å². The van der Waals surface area contributed by atoms with E-state index in [2.05, 4.69) is 253 Å².